The zero-order valence-electron chi connectivity index (χ0n) is 17.5. The molecule has 2 heterocycles. The molecular weight excluding hydrogens is 471 g/mol. The van der Waals surface area contributed by atoms with E-state index in [0.29, 0.717) is 22.5 Å². The van der Waals surface area contributed by atoms with Gasteiger partial charge in [0.2, 0.25) is 5.71 Å². The third-order valence-electron chi connectivity index (χ3n) is 6.13. The third-order valence-corrected chi connectivity index (χ3v) is 7.04. The number of nitrogens with zero attached hydrogens (tertiary/aromatic N) is 2. The number of hydrogen-bond acceptors (Lipinski definition) is 5. The summed E-state index contributed by atoms with van der Waals surface area (Å²) in [5, 5.41) is -0.131. The molecule has 1 aliphatic carbocycles. The lowest BCUT2D eigenvalue weighted by atomic mass is 9.72. The van der Waals surface area contributed by atoms with E-state index in [2.05, 4.69) is 14.8 Å². The van der Waals surface area contributed by atoms with Gasteiger partial charge in [-0.3, -0.25) is 0 Å². The molecule has 0 atom stereocenters. The summed E-state index contributed by atoms with van der Waals surface area (Å²) in [6.07, 6.45) is -0.0959. The summed E-state index contributed by atoms with van der Waals surface area (Å²) in [7, 11) is 0. The topological polar surface area (TPSA) is 51.0 Å². The molecule has 1 fully saturated rings. The lowest BCUT2D eigenvalue weighted by molar-refractivity contribution is -0.140. The van der Waals surface area contributed by atoms with E-state index < -0.39 is 11.9 Å². The van der Waals surface area contributed by atoms with E-state index in [4.69, 9.17) is 16.2 Å². The molecule has 1 saturated carbocycles. The minimum atomic E-state index is -4.66. The maximum atomic E-state index is 14.0. The predicted octanol–water partition coefficient (Wildman–Crippen LogP) is 7.42. The molecule has 170 valence electrons. The molecule has 0 unspecified atom stereocenters. The van der Waals surface area contributed by atoms with Gasteiger partial charge >= 0.3 is 6.18 Å². The summed E-state index contributed by atoms with van der Waals surface area (Å²) < 4.78 is 48.2. The second-order valence-electron chi connectivity index (χ2n) is 8.02. The van der Waals surface area contributed by atoms with Gasteiger partial charge in [-0.15, -0.1) is 0 Å². The molecule has 9 heteroatoms. The molecule has 2 aromatic heterocycles. The average molecular weight is 490 g/mol. The van der Waals surface area contributed by atoms with Crippen LogP contribution < -0.4 is 4.84 Å². The normalized spacial score (nSPS) is 15.5. The predicted molar refractivity (Wildman–Crippen MR) is 124 cm³/mol. The number of thioether (sulfide) groups is 1. The molecule has 0 amide bonds. The highest BCUT2D eigenvalue weighted by Gasteiger charge is 2.40. The van der Waals surface area contributed by atoms with Crippen LogP contribution in [0.5, 0.6) is 0 Å². The van der Waals surface area contributed by atoms with Crippen LogP contribution in [0, 0.1) is 0 Å². The molecule has 0 saturated heterocycles. The number of fused-ring (bicyclic) bond motifs is 1. The van der Waals surface area contributed by atoms with Gasteiger partial charge in [0, 0.05) is 11.1 Å². The highest BCUT2D eigenvalue weighted by molar-refractivity contribution is 7.98. The van der Waals surface area contributed by atoms with Gasteiger partial charge in [-0.2, -0.15) is 18.2 Å². The fourth-order valence-electron chi connectivity index (χ4n) is 4.27. The average Bonchev–Trinajstić information content (AvgIpc) is 3.17. The van der Waals surface area contributed by atoms with Gasteiger partial charge in [0.25, 0.3) is 0 Å². The van der Waals surface area contributed by atoms with Crippen molar-refractivity contribution in [2.75, 3.05) is 6.26 Å². The number of furan rings is 1. The first-order valence-corrected chi connectivity index (χ1v) is 12.0. The molecule has 0 aliphatic heterocycles. The van der Waals surface area contributed by atoms with E-state index in [-0.39, 0.29) is 21.8 Å². The van der Waals surface area contributed by atoms with Gasteiger partial charge in [0.15, 0.2) is 10.9 Å². The number of alkyl halides is 3. The van der Waals surface area contributed by atoms with Gasteiger partial charge in [-0.25, -0.2) is 9.82 Å². The number of halogens is 4. The number of rotatable bonds is 5. The van der Waals surface area contributed by atoms with Gasteiger partial charge in [0.05, 0.1) is 10.9 Å². The fraction of sp³-hybridized carbons (Fsp3) is 0.250. The van der Waals surface area contributed by atoms with E-state index in [1.54, 1.807) is 30.5 Å². The Morgan fingerprint density at radius 3 is 2.24 bits per heavy atom. The fourth-order valence-corrected chi connectivity index (χ4v) is 4.92. The Kier molecular flexibility index (Phi) is 5.63. The first kappa shape index (κ1) is 22.3. The van der Waals surface area contributed by atoms with Crippen molar-refractivity contribution in [3.05, 3.63) is 65.9 Å². The van der Waals surface area contributed by atoms with Gasteiger partial charge in [0.1, 0.15) is 5.76 Å². The number of aromatic nitrogens is 2. The molecule has 1 aliphatic rings. The third kappa shape index (κ3) is 3.80. The second-order valence-corrected chi connectivity index (χ2v) is 8.98. The SMILES string of the molecule is CSc1nc(C(F)(F)F)c2c(-c3ccccc3)c(-c3ccc(C4(NCl)CCC4)cc3)oc2n1. The Balaban J connectivity index is 1.75. The Labute approximate surface area is 197 Å². The monoisotopic (exact) mass is 489 g/mol. The zero-order valence-corrected chi connectivity index (χ0v) is 19.1. The zero-order chi connectivity index (χ0) is 23.2. The molecular formula is C24H19ClF3N3OS. The number of benzene rings is 2. The van der Waals surface area contributed by atoms with Gasteiger partial charge in [-0.05, 0) is 48.4 Å². The van der Waals surface area contributed by atoms with Crippen LogP contribution in [-0.2, 0) is 11.7 Å². The molecule has 4 nitrogen and oxygen atoms in total. The Bertz CT molecular complexity index is 1300. The second kappa shape index (κ2) is 8.34. The van der Waals surface area contributed by atoms with Crippen LogP contribution in [0.4, 0.5) is 13.2 Å². The quantitative estimate of drug-likeness (QED) is 0.179. The summed E-state index contributed by atoms with van der Waals surface area (Å²) in [5.74, 6) is 0.322. The standard InChI is InChI=1S/C24H19ClF3N3OS/c1-33-22-29-20(24(26,27)28)18-17(14-6-3-2-4-7-14)19(32-21(18)30-22)15-8-10-16(11-9-15)23(31-25)12-5-13-23/h2-4,6-11,31H,5,12-13H2,1H3. The minimum Gasteiger partial charge on any atom is -0.437 e. The van der Waals surface area contributed by atoms with Crippen molar-refractivity contribution < 1.29 is 17.6 Å². The summed E-state index contributed by atoms with van der Waals surface area (Å²) >= 11 is 7.04. The van der Waals surface area contributed by atoms with Crippen LogP contribution in [0.1, 0.15) is 30.5 Å². The smallest absolute Gasteiger partial charge is 0.434 e. The highest BCUT2D eigenvalue weighted by atomic mass is 35.5. The molecule has 0 bridgehead atoms. The van der Waals surface area contributed by atoms with Crippen molar-refractivity contribution in [2.24, 2.45) is 0 Å². The molecule has 1 N–H and O–H groups in total. The van der Waals surface area contributed by atoms with Crippen molar-refractivity contribution in [3.8, 4) is 22.5 Å². The maximum absolute atomic E-state index is 14.0. The van der Waals surface area contributed by atoms with E-state index in [9.17, 15) is 13.2 Å². The minimum absolute atomic E-state index is 0.00481. The number of nitrogens with one attached hydrogen (secondary N) is 1. The summed E-state index contributed by atoms with van der Waals surface area (Å²) in [4.78, 5) is 10.9. The van der Waals surface area contributed by atoms with E-state index >= 15 is 0 Å². The van der Waals surface area contributed by atoms with Crippen LogP contribution >= 0.6 is 23.5 Å². The largest absolute Gasteiger partial charge is 0.437 e. The summed E-state index contributed by atoms with van der Waals surface area (Å²) in [5.41, 5.74) is 1.26. The first-order chi connectivity index (χ1) is 15.9. The van der Waals surface area contributed by atoms with Crippen LogP contribution in [0.25, 0.3) is 33.6 Å². The van der Waals surface area contributed by atoms with Crippen LogP contribution in [0.2, 0.25) is 0 Å². The van der Waals surface area contributed by atoms with Crippen LogP contribution in [0.3, 0.4) is 0 Å². The lowest BCUT2D eigenvalue weighted by Crippen LogP contribution is -2.43. The first-order valence-electron chi connectivity index (χ1n) is 10.4. The number of hydrogen-bond donors (Lipinski definition) is 1. The Morgan fingerprint density at radius 2 is 1.70 bits per heavy atom. The highest BCUT2D eigenvalue weighted by Crippen LogP contribution is 2.46. The Morgan fingerprint density at radius 1 is 1.00 bits per heavy atom. The van der Waals surface area contributed by atoms with Crippen molar-refractivity contribution >= 4 is 34.6 Å². The molecule has 5 rings (SSSR count). The molecule has 0 radical (unpaired) electrons. The van der Waals surface area contributed by atoms with Crippen molar-refractivity contribution in [2.45, 2.75) is 36.1 Å². The van der Waals surface area contributed by atoms with Crippen molar-refractivity contribution in [1.82, 2.24) is 14.8 Å². The van der Waals surface area contributed by atoms with Crippen LogP contribution in [-0.4, -0.2) is 16.2 Å². The maximum Gasteiger partial charge on any atom is 0.434 e. The summed E-state index contributed by atoms with van der Waals surface area (Å²) in [6.45, 7) is 0. The van der Waals surface area contributed by atoms with Crippen molar-refractivity contribution in [1.29, 1.82) is 0 Å². The lowest BCUT2D eigenvalue weighted by Gasteiger charge is -2.41. The van der Waals surface area contributed by atoms with Gasteiger partial charge in [-0.1, -0.05) is 66.4 Å². The molecule has 4 aromatic rings. The molecule has 33 heavy (non-hydrogen) atoms. The van der Waals surface area contributed by atoms with E-state index in [1.807, 2.05) is 30.3 Å². The van der Waals surface area contributed by atoms with E-state index in [1.165, 1.54) is 0 Å². The molecule has 0 spiro atoms. The van der Waals surface area contributed by atoms with Crippen LogP contribution in [0.15, 0.2) is 64.2 Å². The Hall–Kier alpha value is -2.55. The van der Waals surface area contributed by atoms with E-state index in [0.717, 1.165) is 36.6 Å². The summed E-state index contributed by atoms with van der Waals surface area (Å²) in [6, 6.07) is 16.5. The van der Waals surface area contributed by atoms with Gasteiger partial charge < -0.3 is 4.42 Å². The van der Waals surface area contributed by atoms with Crippen molar-refractivity contribution in [3.63, 3.8) is 0 Å². The molecule has 2 aromatic carbocycles.